The predicted octanol–water partition coefficient (Wildman–Crippen LogP) is 5.16. The molecule has 0 bridgehead atoms. The summed E-state index contributed by atoms with van der Waals surface area (Å²) in [6, 6.07) is 28.8. The number of hydrogen-bond acceptors (Lipinski definition) is 10. The summed E-state index contributed by atoms with van der Waals surface area (Å²) >= 11 is 0. The number of rotatable bonds is 16. The average Bonchev–Trinajstić information content (AvgIpc) is 3.18. The van der Waals surface area contributed by atoms with Crippen LogP contribution in [0.2, 0.25) is 0 Å². The lowest BCUT2D eigenvalue weighted by Gasteiger charge is -2.28. The van der Waals surface area contributed by atoms with Crippen molar-refractivity contribution in [2.45, 2.75) is 34.0 Å². The number of hydrogen-bond donors (Lipinski definition) is 4. The first kappa shape index (κ1) is 38.3. The second kappa shape index (κ2) is 16.6. The van der Waals surface area contributed by atoms with E-state index in [4.69, 9.17) is 30.4 Å². The summed E-state index contributed by atoms with van der Waals surface area (Å²) in [5, 5.41) is 0. The maximum atomic E-state index is 14.2. The molecule has 5 rings (SSSR count). The van der Waals surface area contributed by atoms with Crippen LogP contribution < -0.4 is 39.9 Å². The van der Waals surface area contributed by atoms with E-state index in [2.05, 4.69) is 9.44 Å². The number of para-hydroxylation sites is 4. The number of sulfonamides is 2. The van der Waals surface area contributed by atoms with Crippen molar-refractivity contribution in [1.29, 1.82) is 0 Å². The monoisotopic (exact) mass is 746 g/mol. The number of methoxy groups -OCH3 is 4. The van der Waals surface area contributed by atoms with Gasteiger partial charge in [-0.2, -0.15) is 0 Å². The molecule has 5 aromatic rings. The van der Waals surface area contributed by atoms with Crippen molar-refractivity contribution in [3.05, 3.63) is 144 Å². The molecule has 12 nitrogen and oxygen atoms in total. The molecule has 0 saturated carbocycles. The molecule has 4 atom stereocenters. The minimum Gasteiger partial charge on any atom is -0.496 e. The standard InChI is InChI=1S/C38H42N4O8S2/c1-47-31-20-9-5-16-27(31)35(39)37(29-18-7-11-22-33(29)49-3)41-51(43,44)25-14-13-15-26(24-25)52(45,46)42-38(30-19-8-12-23-34(30)50-4)36(40)28-17-6-10-21-32(28)48-2/h5-24,35-38,41-42H,39-40H2,1-4H3/t35-,36-,37-,38-/m0/s1. The van der Waals surface area contributed by atoms with Gasteiger partial charge in [0.1, 0.15) is 23.0 Å². The van der Waals surface area contributed by atoms with Crippen LogP contribution >= 0.6 is 0 Å². The molecule has 274 valence electrons. The average molecular weight is 747 g/mol. The number of nitrogens with two attached hydrogens (primary N) is 2. The maximum absolute atomic E-state index is 14.2. The highest BCUT2D eigenvalue weighted by Gasteiger charge is 2.34. The Morgan fingerprint density at radius 3 is 1.06 bits per heavy atom. The number of nitrogens with one attached hydrogen (secondary N) is 2. The fourth-order valence-corrected chi connectivity index (χ4v) is 8.67. The van der Waals surface area contributed by atoms with Crippen LogP contribution in [-0.4, -0.2) is 45.3 Å². The molecule has 0 spiro atoms. The molecule has 5 aromatic carbocycles. The van der Waals surface area contributed by atoms with Gasteiger partial charge in [0.25, 0.3) is 0 Å². The lowest BCUT2D eigenvalue weighted by atomic mass is 9.93. The van der Waals surface area contributed by atoms with E-state index in [1.54, 1.807) is 97.1 Å². The van der Waals surface area contributed by atoms with Crippen LogP contribution in [-0.2, 0) is 20.0 Å². The smallest absolute Gasteiger partial charge is 0.241 e. The van der Waals surface area contributed by atoms with Crippen molar-refractivity contribution in [2.75, 3.05) is 28.4 Å². The van der Waals surface area contributed by atoms with Crippen LogP contribution in [0, 0.1) is 0 Å². The third-order valence-corrected chi connectivity index (χ3v) is 11.5. The first-order valence-electron chi connectivity index (χ1n) is 16.1. The van der Waals surface area contributed by atoms with Gasteiger partial charge in [0, 0.05) is 22.3 Å². The summed E-state index contributed by atoms with van der Waals surface area (Å²) < 4.78 is 84.3. The molecule has 0 unspecified atom stereocenters. The zero-order valence-corrected chi connectivity index (χ0v) is 30.7. The SMILES string of the molecule is COc1ccccc1[C@H](N)[C@@H](NS(=O)(=O)c1cccc(S(=O)(=O)N[C@@H](c2ccccc2OC)[C@@H](N)c2ccccc2OC)c1)c1ccccc1OC. The van der Waals surface area contributed by atoms with Gasteiger partial charge in [-0.1, -0.05) is 78.9 Å². The third kappa shape index (κ3) is 8.23. The first-order chi connectivity index (χ1) is 24.9. The molecule has 52 heavy (non-hydrogen) atoms. The molecule has 0 aliphatic rings. The third-order valence-electron chi connectivity index (χ3n) is 8.65. The summed E-state index contributed by atoms with van der Waals surface area (Å²) in [5.74, 6) is 1.72. The zero-order chi connectivity index (χ0) is 37.5. The van der Waals surface area contributed by atoms with Crippen LogP contribution in [0.5, 0.6) is 23.0 Å². The highest BCUT2D eigenvalue weighted by atomic mass is 32.2. The molecule has 0 heterocycles. The minimum atomic E-state index is -4.43. The van der Waals surface area contributed by atoms with Crippen molar-refractivity contribution in [3.8, 4) is 23.0 Å². The van der Waals surface area contributed by atoms with Crippen LogP contribution in [0.15, 0.2) is 131 Å². The Bertz CT molecular complexity index is 2060. The van der Waals surface area contributed by atoms with E-state index < -0.39 is 44.2 Å². The minimum absolute atomic E-state index is 0.314. The van der Waals surface area contributed by atoms with E-state index in [9.17, 15) is 16.8 Å². The van der Waals surface area contributed by atoms with Gasteiger partial charge in [-0.15, -0.1) is 0 Å². The fraction of sp³-hybridized carbons (Fsp3) is 0.211. The van der Waals surface area contributed by atoms with Crippen molar-refractivity contribution in [3.63, 3.8) is 0 Å². The van der Waals surface area contributed by atoms with E-state index in [-0.39, 0.29) is 9.79 Å². The highest BCUT2D eigenvalue weighted by Crippen LogP contribution is 2.39. The largest absolute Gasteiger partial charge is 0.496 e. The Balaban J connectivity index is 1.54. The molecule has 0 amide bonds. The van der Waals surface area contributed by atoms with Gasteiger partial charge in [0.05, 0.1) is 62.4 Å². The van der Waals surface area contributed by atoms with E-state index in [1.807, 2.05) is 0 Å². The molecule has 0 aromatic heterocycles. The summed E-state index contributed by atoms with van der Waals surface area (Å²) in [6.07, 6.45) is 0. The molecule has 0 aliphatic carbocycles. The maximum Gasteiger partial charge on any atom is 0.241 e. The van der Waals surface area contributed by atoms with Gasteiger partial charge in [0.15, 0.2) is 0 Å². The molecule has 14 heteroatoms. The van der Waals surface area contributed by atoms with Crippen molar-refractivity contribution < 1.29 is 35.8 Å². The van der Waals surface area contributed by atoms with E-state index in [0.29, 0.717) is 45.3 Å². The van der Waals surface area contributed by atoms with Gasteiger partial charge in [-0.25, -0.2) is 26.3 Å². The highest BCUT2D eigenvalue weighted by molar-refractivity contribution is 7.90. The summed E-state index contributed by atoms with van der Waals surface area (Å²) in [7, 11) is -2.92. The van der Waals surface area contributed by atoms with Crippen LogP contribution in [0.25, 0.3) is 0 Å². The number of ether oxygens (including phenoxy) is 4. The summed E-state index contributed by atoms with van der Waals surface area (Å²) in [6.45, 7) is 0. The molecular formula is C38H42N4O8S2. The lowest BCUT2D eigenvalue weighted by molar-refractivity contribution is 0.385. The van der Waals surface area contributed by atoms with E-state index in [0.717, 1.165) is 6.07 Å². The second-order valence-electron chi connectivity index (χ2n) is 11.7. The molecule has 6 N–H and O–H groups in total. The van der Waals surface area contributed by atoms with Crippen molar-refractivity contribution in [2.24, 2.45) is 11.5 Å². The van der Waals surface area contributed by atoms with Gasteiger partial charge < -0.3 is 30.4 Å². The van der Waals surface area contributed by atoms with E-state index >= 15 is 0 Å². The second-order valence-corrected chi connectivity index (χ2v) is 15.1. The fourth-order valence-electron chi connectivity index (χ4n) is 6.03. The molecule has 0 saturated heterocycles. The Morgan fingerprint density at radius 2 is 0.731 bits per heavy atom. The predicted molar refractivity (Wildman–Crippen MR) is 198 cm³/mol. The summed E-state index contributed by atoms with van der Waals surface area (Å²) in [4.78, 5) is -0.629. The summed E-state index contributed by atoms with van der Waals surface area (Å²) in [5.41, 5.74) is 15.6. The van der Waals surface area contributed by atoms with Gasteiger partial charge in [-0.3, -0.25) is 0 Å². The Morgan fingerprint density at radius 1 is 0.442 bits per heavy atom. The normalized spacial score (nSPS) is 14.1. The van der Waals surface area contributed by atoms with Crippen molar-refractivity contribution >= 4 is 20.0 Å². The van der Waals surface area contributed by atoms with Crippen LogP contribution in [0.3, 0.4) is 0 Å². The zero-order valence-electron chi connectivity index (χ0n) is 29.1. The molecule has 0 aliphatic heterocycles. The van der Waals surface area contributed by atoms with Crippen LogP contribution in [0.1, 0.15) is 46.4 Å². The van der Waals surface area contributed by atoms with Gasteiger partial charge in [0.2, 0.25) is 20.0 Å². The van der Waals surface area contributed by atoms with Crippen LogP contribution in [0.4, 0.5) is 0 Å². The molecule has 0 fully saturated rings. The molecular weight excluding hydrogens is 705 g/mol. The lowest BCUT2D eigenvalue weighted by Crippen LogP contribution is -2.37. The molecule has 0 radical (unpaired) electrons. The van der Waals surface area contributed by atoms with Gasteiger partial charge in [-0.05, 0) is 42.5 Å². The first-order valence-corrected chi connectivity index (χ1v) is 19.1. The van der Waals surface area contributed by atoms with E-state index in [1.165, 1.54) is 46.6 Å². The van der Waals surface area contributed by atoms with Crippen molar-refractivity contribution in [1.82, 2.24) is 9.44 Å². The Kier molecular flexibility index (Phi) is 12.2. The topological polar surface area (TPSA) is 181 Å². The van der Waals surface area contributed by atoms with Gasteiger partial charge >= 0.3 is 0 Å². The Labute approximate surface area is 304 Å². The quantitative estimate of drug-likeness (QED) is 0.105. The number of benzene rings is 5. The Hall–Kier alpha value is -4.96.